The Kier molecular flexibility index (Phi) is 6.01. The second-order valence-corrected chi connectivity index (χ2v) is 8.35. The summed E-state index contributed by atoms with van der Waals surface area (Å²) in [6.45, 7) is 11.8. The summed E-state index contributed by atoms with van der Waals surface area (Å²) in [6, 6.07) is 4.17. The molecule has 0 radical (unpaired) electrons. The van der Waals surface area contributed by atoms with Crippen molar-refractivity contribution >= 4 is 12.0 Å². The highest BCUT2D eigenvalue weighted by Crippen LogP contribution is 2.21. The lowest BCUT2D eigenvalue weighted by atomic mass is 10.1. The number of H-pyrrole nitrogens is 1. The minimum atomic E-state index is -0.486. The van der Waals surface area contributed by atoms with Crippen LogP contribution in [0, 0.1) is 0 Å². The number of hydrogen-bond acceptors (Lipinski definition) is 4. The van der Waals surface area contributed by atoms with Gasteiger partial charge in [-0.1, -0.05) is 0 Å². The third-order valence-electron chi connectivity index (χ3n) is 4.49. The first-order chi connectivity index (χ1) is 12.0. The van der Waals surface area contributed by atoms with Gasteiger partial charge in [0.05, 0.1) is 0 Å². The van der Waals surface area contributed by atoms with Gasteiger partial charge in [-0.15, -0.1) is 0 Å². The number of nitrogens with one attached hydrogen (secondary N) is 1. The molecule has 0 aromatic carbocycles. The van der Waals surface area contributed by atoms with Crippen LogP contribution in [0.4, 0.5) is 4.79 Å². The Morgan fingerprint density at radius 3 is 2.27 bits per heavy atom. The van der Waals surface area contributed by atoms with Crippen LogP contribution in [0.3, 0.4) is 0 Å². The molecule has 1 aromatic heterocycles. The van der Waals surface area contributed by atoms with Crippen LogP contribution in [0.25, 0.3) is 0 Å². The number of aromatic amines is 1. The zero-order valence-electron chi connectivity index (χ0n) is 17.0. The van der Waals surface area contributed by atoms with Gasteiger partial charge >= 0.3 is 6.09 Å². The zero-order chi connectivity index (χ0) is 19.6. The van der Waals surface area contributed by atoms with Crippen LogP contribution >= 0.6 is 0 Å². The number of aromatic nitrogens is 1. The van der Waals surface area contributed by atoms with E-state index in [1.54, 1.807) is 23.9 Å². The molecule has 1 fully saturated rings. The molecule has 1 saturated heterocycles. The van der Waals surface area contributed by atoms with Crippen molar-refractivity contribution in [3.63, 3.8) is 0 Å². The van der Waals surface area contributed by atoms with E-state index in [-0.39, 0.29) is 24.1 Å². The molecule has 1 aliphatic heterocycles. The van der Waals surface area contributed by atoms with E-state index in [9.17, 15) is 9.59 Å². The Bertz CT molecular complexity index is 635. The van der Waals surface area contributed by atoms with E-state index < -0.39 is 5.60 Å². The number of carbonyl (C=O) groups excluding carboxylic acids is 2. The third kappa shape index (κ3) is 5.00. The highest BCUT2D eigenvalue weighted by molar-refractivity contribution is 5.92. The molecule has 26 heavy (non-hydrogen) atoms. The number of ether oxygens (including phenoxy) is 1. The van der Waals surface area contributed by atoms with Crippen LogP contribution in [0.15, 0.2) is 12.1 Å². The first-order valence-corrected chi connectivity index (χ1v) is 9.11. The average Bonchev–Trinajstić information content (AvgIpc) is 2.96. The summed E-state index contributed by atoms with van der Waals surface area (Å²) >= 11 is 0. The number of piperazine rings is 1. The van der Waals surface area contributed by atoms with Crippen molar-refractivity contribution in [2.75, 3.05) is 27.2 Å². The highest BCUT2D eigenvalue weighted by atomic mass is 16.6. The predicted octanol–water partition coefficient (Wildman–Crippen LogP) is 2.55. The van der Waals surface area contributed by atoms with Crippen molar-refractivity contribution in [3.8, 4) is 0 Å². The third-order valence-corrected chi connectivity index (χ3v) is 4.49. The SMILES string of the molecule is C[C@@H]1CN(C(=O)OC(C)(C)C)C[C@H](C)N1Cc1ccc(C(=O)N(C)C)[nH]1. The summed E-state index contributed by atoms with van der Waals surface area (Å²) in [5.74, 6) is -0.0351. The van der Waals surface area contributed by atoms with Crippen LogP contribution in [-0.4, -0.2) is 76.6 Å². The van der Waals surface area contributed by atoms with Gasteiger partial charge in [0, 0.05) is 51.5 Å². The number of amides is 2. The molecule has 7 nitrogen and oxygen atoms in total. The molecule has 0 aliphatic carbocycles. The normalized spacial score (nSPS) is 21.6. The van der Waals surface area contributed by atoms with E-state index in [0.717, 1.165) is 5.69 Å². The highest BCUT2D eigenvalue weighted by Gasteiger charge is 2.34. The fraction of sp³-hybridized carbons (Fsp3) is 0.684. The molecule has 1 aliphatic rings. The topological polar surface area (TPSA) is 68.9 Å². The van der Waals surface area contributed by atoms with E-state index >= 15 is 0 Å². The lowest BCUT2D eigenvalue weighted by Gasteiger charge is -2.44. The summed E-state index contributed by atoms with van der Waals surface area (Å²) in [7, 11) is 3.48. The molecule has 2 rings (SSSR count). The van der Waals surface area contributed by atoms with Gasteiger partial charge in [-0.05, 0) is 46.8 Å². The maximum atomic E-state index is 12.3. The number of nitrogens with zero attached hydrogens (tertiary/aromatic N) is 3. The first kappa shape index (κ1) is 20.3. The summed E-state index contributed by atoms with van der Waals surface area (Å²) in [6.07, 6.45) is -0.255. The summed E-state index contributed by atoms with van der Waals surface area (Å²) in [5, 5.41) is 0. The van der Waals surface area contributed by atoms with E-state index in [0.29, 0.717) is 25.3 Å². The van der Waals surface area contributed by atoms with Crippen molar-refractivity contribution in [1.29, 1.82) is 0 Å². The Morgan fingerprint density at radius 1 is 1.19 bits per heavy atom. The Labute approximate surface area is 156 Å². The van der Waals surface area contributed by atoms with Gasteiger partial charge in [-0.25, -0.2) is 4.79 Å². The number of rotatable bonds is 3. The fourth-order valence-corrected chi connectivity index (χ4v) is 3.24. The quantitative estimate of drug-likeness (QED) is 0.895. The van der Waals surface area contributed by atoms with E-state index in [1.807, 2.05) is 32.9 Å². The molecule has 7 heteroatoms. The zero-order valence-corrected chi connectivity index (χ0v) is 17.0. The lowest BCUT2D eigenvalue weighted by molar-refractivity contribution is -0.00994. The monoisotopic (exact) mass is 364 g/mol. The van der Waals surface area contributed by atoms with Crippen molar-refractivity contribution in [3.05, 3.63) is 23.5 Å². The average molecular weight is 364 g/mol. The second-order valence-electron chi connectivity index (χ2n) is 8.35. The maximum absolute atomic E-state index is 12.3. The van der Waals surface area contributed by atoms with Crippen LogP contribution in [0.1, 0.15) is 50.8 Å². The van der Waals surface area contributed by atoms with E-state index in [2.05, 4.69) is 23.7 Å². The Hall–Kier alpha value is -2.02. The molecule has 0 saturated carbocycles. The Balaban J connectivity index is 2.00. The van der Waals surface area contributed by atoms with Crippen LogP contribution in [0.2, 0.25) is 0 Å². The molecule has 2 atom stereocenters. The maximum Gasteiger partial charge on any atom is 0.410 e. The van der Waals surface area contributed by atoms with Gasteiger partial charge in [0.1, 0.15) is 11.3 Å². The molecule has 0 spiro atoms. The van der Waals surface area contributed by atoms with Gasteiger partial charge in [0.25, 0.3) is 5.91 Å². The van der Waals surface area contributed by atoms with E-state index in [1.165, 1.54) is 0 Å². The number of hydrogen-bond donors (Lipinski definition) is 1. The summed E-state index contributed by atoms with van der Waals surface area (Å²) < 4.78 is 5.50. The molecule has 2 heterocycles. The van der Waals surface area contributed by atoms with Crippen molar-refractivity contribution < 1.29 is 14.3 Å². The molecule has 2 amide bonds. The van der Waals surface area contributed by atoms with Gasteiger partial charge in [-0.3, -0.25) is 9.69 Å². The molecular formula is C19H32N4O3. The fourth-order valence-electron chi connectivity index (χ4n) is 3.24. The van der Waals surface area contributed by atoms with Crippen molar-refractivity contribution in [2.45, 2.75) is 58.8 Å². The predicted molar refractivity (Wildman–Crippen MR) is 101 cm³/mol. The molecule has 1 aromatic rings. The van der Waals surface area contributed by atoms with E-state index in [4.69, 9.17) is 4.74 Å². The molecule has 0 unspecified atom stereocenters. The summed E-state index contributed by atoms with van der Waals surface area (Å²) in [4.78, 5) is 33.3. The van der Waals surface area contributed by atoms with Gasteiger partial charge < -0.3 is 19.5 Å². The largest absolute Gasteiger partial charge is 0.444 e. The second kappa shape index (κ2) is 7.70. The first-order valence-electron chi connectivity index (χ1n) is 9.11. The molecular weight excluding hydrogens is 332 g/mol. The minimum Gasteiger partial charge on any atom is -0.444 e. The lowest BCUT2D eigenvalue weighted by Crippen LogP contribution is -2.58. The number of carbonyl (C=O) groups is 2. The van der Waals surface area contributed by atoms with Gasteiger partial charge in [0.2, 0.25) is 0 Å². The molecule has 146 valence electrons. The molecule has 1 N–H and O–H groups in total. The molecule has 0 bridgehead atoms. The minimum absolute atomic E-state index is 0.0351. The Morgan fingerprint density at radius 2 is 1.77 bits per heavy atom. The van der Waals surface area contributed by atoms with Gasteiger partial charge in [-0.2, -0.15) is 0 Å². The van der Waals surface area contributed by atoms with Crippen LogP contribution < -0.4 is 0 Å². The van der Waals surface area contributed by atoms with Gasteiger partial charge in [0.15, 0.2) is 0 Å². The van der Waals surface area contributed by atoms with Crippen molar-refractivity contribution in [2.24, 2.45) is 0 Å². The standard InChI is InChI=1S/C19H32N4O3/c1-13-10-22(18(25)26-19(3,4)5)11-14(2)23(13)12-15-8-9-16(20-15)17(24)21(6)7/h8-9,13-14,20H,10-12H2,1-7H3/t13-,14+. The van der Waals surface area contributed by atoms with Crippen LogP contribution in [-0.2, 0) is 11.3 Å². The smallest absolute Gasteiger partial charge is 0.410 e. The summed E-state index contributed by atoms with van der Waals surface area (Å²) in [5.41, 5.74) is 1.11. The van der Waals surface area contributed by atoms with Crippen LogP contribution in [0.5, 0.6) is 0 Å². The van der Waals surface area contributed by atoms with Crippen molar-refractivity contribution in [1.82, 2.24) is 19.7 Å².